The van der Waals surface area contributed by atoms with Crippen LogP contribution >= 0.6 is 39.9 Å². The highest BCUT2D eigenvalue weighted by molar-refractivity contribution is 14.0. The molecule has 1 aromatic carbocycles. The van der Waals surface area contributed by atoms with E-state index in [1.807, 2.05) is 12.1 Å². The third-order valence-electron chi connectivity index (χ3n) is 4.69. The van der Waals surface area contributed by atoms with Crippen molar-refractivity contribution in [2.75, 3.05) is 40.3 Å². The molecule has 8 heteroatoms. The fourth-order valence-corrected chi connectivity index (χ4v) is 3.71. The van der Waals surface area contributed by atoms with Crippen LogP contribution < -0.4 is 10.6 Å². The molecule has 0 saturated carbocycles. The van der Waals surface area contributed by atoms with E-state index in [2.05, 4.69) is 57.5 Å². The molecule has 1 aliphatic rings. The Hall–Kier alpha value is -0.870. The number of hydrogen-bond donors (Lipinski definition) is 2. The summed E-state index contributed by atoms with van der Waals surface area (Å²) in [6.07, 6.45) is 2.36. The lowest BCUT2D eigenvalue weighted by molar-refractivity contribution is -0.127. The molecule has 1 fully saturated rings. The first kappa shape index (κ1) is 25.2. The van der Waals surface area contributed by atoms with Crippen molar-refractivity contribution in [1.82, 2.24) is 15.5 Å². The van der Waals surface area contributed by atoms with Crippen molar-refractivity contribution in [2.45, 2.75) is 38.2 Å². The number of guanidine groups is 1. The summed E-state index contributed by atoms with van der Waals surface area (Å²) in [5, 5.41) is 6.72. The molecule has 1 heterocycles. The summed E-state index contributed by atoms with van der Waals surface area (Å²) in [5.74, 6) is 0.610. The first-order valence-electron chi connectivity index (χ1n) is 9.38. The van der Waals surface area contributed by atoms with E-state index in [1.165, 1.54) is 5.56 Å². The van der Waals surface area contributed by atoms with E-state index in [1.54, 1.807) is 19.0 Å². The van der Waals surface area contributed by atoms with Crippen molar-refractivity contribution in [1.29, 1.82) is 0 Å². The van der Waals surface area contributed by atoms with E-state index in [9.17, 15) is 4.79 Å². The number of aliphatic imine (C=N–C) groups is 1. The van der Waals surface area contributed by atoms with Gasteiger partial charge < -0.3 is 20.3 Å². The largest absolute Gasteiger partial charge is 0.376 e. The lowest BCUT2D eigenvalue weighted by Crippen LogP contribution is -2.46. The zero-order valence-electron chi connectivity index (χ0n) is 17.1. The first-order chi connectivity index (χ1) is 12.8. The fraction of sp³-hybridized carbons (Fsp3) is 0.600. The van der Waals surface area contributed by atoms with Crippen LogP contribution in [0.2, 0.25) is 0 Å². The summed E-state index contributed by atoms with van der Waals surface area (Å²) in [7, 11) is 3.47. The normalized spacial score (nSPS) is 17.0. The molecule has 2 N–H and O–H groups in total. The van der Waals surface area contributed by atoms with E-state index in [-0.39, 0.29) is 47.9 Å². The van der Waals surface area contributed by atoms with Crippen LogP contribution in [0.3, 0.4) is 0 Å². The second-order valence-corrected chi connectivity index (χ2v) is 8.54. The predicted octanol–water partition coefficient (Wildman–Crippen LogP) is 3.15. The number of nitrogens with one attached hydrogen (secondary N) is 2. The van der Waals surface area contributed by atoms with Crippen LogP contribution in [0.1, 0.15) is 32.3 Å². The minimum atomic E-state index is -0.113. The lowest BCUT2D eigenvalue weighted by Gasteiger charge is -2.28. The number of amides is 1. The standard InChI is InChI=1S/C20H31BrN4O2.HI/c1-20(2,16-9-5-6-10-17(16)21)14-24-19(23-13-18(26)25(3)4)22-12-15-8-7-11-27-15;/h5-6,9-10,15H,7-8,11-14H2,1-4H3,(H2,22,23,24);1H. The highest BCUT2D eigenvalue weighted by Gasteiger charge is 2.23. The molecule has 6 nitrogen and oxygen atoms in total. The van der Waals surface area contributed by atoms with Gasteiger partial charge in [0.25, 0.3) is 0 Å². The fourth-order valence-electron chi connectivity index (χ4n) is 2.89. The van der Waals surface area contributed by atoms with Gasteiger partial charge in [-0.15, -0.1) is 24.0 Å². The van der Waals surface area contributed by atoms with Gasteiger partial charge in [0, 0.05) is 43.7 Å². The van der Waals surface area contributed by atoms with Crippen LogP contribution in [0.5, 0.6) is 0 Å². The number of ether oxygens (including phenoxy) is 1. The minimum absolute atomic E-state index is 0. The highest BCUT2D eigenvalue weighted by atomic mass is 127. The topological polar surface area (TPSA) is 66.0 Å². The van der Waals surface area contributed by atoms with Gasteiger partial charge in [0.1, 0.15) is 6.54 Å². The van der Waals surface area contributed by atoms with E-state index < -0.39 is 0 Å². The molecule has 158 valence electrons. The monoisotopic (exact) mass is 566 g/mol. The van der Waals surface area contributed by atoms with Gasteiger partial charge in [-0.05, 0) is 24.5 Å². The van der Waals surface area contributed by atoms with E-state index in [0.29, 0.717) is 19.0 Å². The van der Waals surface area contributed by atoms with Crippen LogP contribution in [0.4, 0.5) is 0 Å². The number of halogens is 2. The number of carbonyl (C=O) groups excluding carboxylic acids is 1. The van der Waals surface area contributed by atoms with Crippen molar-refractivity contribution < 1.29 is 9.53 Å². The molecule has 1 unspecified atom stereocenters. The first-order valence-corrected chi connectivity index (χ1v) is 10.2. The Balaban J connectivity index is 0.00000392. The molecule has 28 heavy (non-hydrogen) atoms. The number of hydrogen-bond acceptors (Lipinski definition) is 3. The average molecular weight is 567 g/mol. The Labute approximate surface area is 194 Å². The number of benzene rings is 1. The summed E-state index contributed by atoms with van der Waals surface area (Å²) in [4.78, 5) is 17.9. The number of nitrogens with zero attached hydrogens (tertiary/aromatic N) is 2. The van der Waals surface area contributed by atoms with Crippen molar-refractivity contribution in [2.24, 2.45) is 4.99 Å². The average Bonchev–Trinajstić information content (AvgIpc) is 3.14. The third-order valence-corrected chi connectivity index (χ3v) is 5.38. The van der Waals surface area contributed by atoms with Gasteiger partial charge in [-0.2, -0.15) is 0 Å². The smallest absolute Gasteiger partial charge is 0.243 e. The predicted molar refractivity (Wildman–Crippen MR) is 129 cm³/mol. The molecule has 1 atom stereocenters. The van der Waals surface area contributed by atoms with Crippen molar-refractivity contribution in [3.05, 3.63) is 34.3 Å². The molecule has 1 amide bonds. The van der Waals surface area contributed by atoms with Gasteiger partial charge in [0.05, 0.1) is 6.10 Å². The SMILES string of the molecule is CN(C)C(=O)CN=C(NCC1CCCO1)NCC(C)(C)c1ccccc1Br.I. The molecule has 0 aromatic heterocycles. The second kappa shape index (κ2) is 12.0. The minimum Gasteiger partial charge on any atom is -0.376 e. The van der Waals surface area contributed by atoms with Gasteiger partial charge in [0.2, 0.25) is 5.91 Å². The van der Waals surface area contributed by atoms with Gasteiger partial charge >= 0.3 is 0 Å². The van der Waals surface area contributed by atoms with Gasteiger partial charge in [0.15, 0.2) is 5.96 Å². The van der Waals surface area contributed by atoms with Crippen LogP contribution in [-0.4, -0.2) is 63.2 Å². The summed E-state index contributed by atoms with van der Waals surface area (Å²) in [6.45, 7) is 6.68. The molecule has 0 radical (unpaired) electrons. The Bertz CT molecular complexity index is 661. The zero-order chi connectivity index (χ0) is 19.9. The molecule has 1 aliphatic heterocycles. The van der Waals surface area contributed by atoms with Crippen LogP contribution in [0.25, 0.3) is 0 Å². The second-order valence-electron chi connectivity index (χ2n) is 7.69. The maximum atomic E-state index is 11.9. The van der Waals surface area contributed by atoms with Gasteiger partial charge in [-0.25, -0.2) is 4.99 Å². The molecule has 0 bridgehead atoms. The Morgan fingerprint density at radius 1 is 1.32 bits per heavy atom. The number of likely N-dealkylation sites (N-methyl/N-ethyl adjacent to an activating group) is 1. The molecular weight excluding hydrogens is 535 g/mol. The summed E-state index contributed by atoms with van der Waals surface area (Å²) in [5.41, 5.74) is 1.11. The summed E-state index contributed by atoms with van der Waals surface area (Å²) >= 11 is 3.64. The van der Waals surface area contributed by atoms with E-state index in [4.69, 9.17) is 4.74 Å². The maximum absolute atomic E-state index is 11.9. The van der Waals surface area contributed by atoms with Crippen molar-refractivity contribution in [3.8, 4) is 0 Å². The quantitative estimate of drug-likeness (QED) is 0.302. The van der Waals surface area contributed by atoms with E-state index >= 15 is 0 Å². The Morgan fingerprint density at radius 2 is 2.04 bits per heavy atom. The zero-order valence-corrected chi connectivity index (χ0v) is 21.0. The van der Waals surface area contributed by atoms with Gasteiger partial charge in [-0.3, -0.25) is 4.79 Å². The molecule has 1 saturated heterocycles. The maximum Gasteiger partial charge on any atom is 0.243 e. The van der Waals surface area contributed by atoms with Crippen LogP contribution in [0.15, 0.2) is 33.7 Å². The molecule has 0 aliphatic carbocycles. The summed E-state index contributed by atoms with van der Waals surface area (Å²) in [6, 6.07) is 8.23. The summed E-state index contributed by atoms with van der Waals surface area (Å²) < 4.78 is 6.76. The molecular formula is C20H32BrIN4O2. The van der Waals surface area contributed by atoms with Crippen LogP contribution in [-0.2, 0) is 14.9 Å². The number of carbonyl (C=O) groups is 1. The molecule has 0 spiro atoms. The van der Waals surface area contributed by atoms with Gasteiger partial charge in [-0.1, -0.05) is 48.0 Å². The highest BCUT2D eigenvalue weighted by Crippen LogP contribution is 2.29. The Morgan fingerprint density at radius 3 is 2.64 bits per heavy atom. The Kier molecular flexibility index (Phi) is 10.8. The van der Waals surface area contributed by atoms with E-state index in [0.717, 1.165) is 23.9 Å². The van der Waals surface area contributed by atoms with Crippen molar-refractivity contribution in [3.63, 3.8) is 0 Å². The number of rotatable bonds is 7. The molecule has 1 aromatic rings. The lowest BCUT2D eigenvalue weighted by atomic mass is 9.84. The molecule has 2 rings (SSSR count). The third kappa shape index (κ3) is 7.87. The van der Waals surface area contributed by atoms with Crippen LogP contribution in [0, 0.1) is 0 Å². The van der Waals surface area contributed by atoms with Crippen molar-refractivity contribution >= 4 is 51.8 Å².